The molecule has 0 spiro atoms. The predicted octanol–water partition coefficient (Wildman–Crippen LogP) is 4.24. The molecule has 0 radical (unpaired) electrons. The molecule has 0 N–H and O–H groups in total. The minimum Gasteiger partial charge on any atom is -0.494 e. The van der Waals surface area contributed by atoms with Crippen LogP contribution in [0.4, 0.5) is 0 Å². The van der Waals surface area contributed by atoms with Gasteiger partial charge < -0.3 is 23.5 Å². The number of aryl methyl sites for hydroxylation is 1. The van der Waals surface area contributed by atoms with Gasteiger partial charge in [0.15, 0.2) is 17.2 Å². The van der Waals surface area contributed by atoms with E-state index in [9.17, 15) is 4.79 Å². The molecule has 1 aromatic heterocycles. The normalized spacial score (nSPS) is 10.8. The molecule has 3 aromatic rings. The van der Waals surface area contributed by atoms with E-state index in [4.69, 9.17) is 30.5 Å². The first-order valence-electron chi connectivity index (χ1n) is 9.17. The van der Waals surface area contributed by atoms with Gasteiger partial charge in [0, 0.05) is 24.6 Å². The summed E-state index contributed by atoms with van der Waals surface area (Å²) in [5.41, 5.74) is 2.01. The Hall–Kier alpha value is -2.86. The van der Waals surface area contributed by atoms with Crippen LogP contribution < -0.4 is 24.4 Å². The van der Waals surface area contributed by atoms with Crippen LogP contribution in [-0.2, 0) is 7.05 Å². The number of methoxy groups -OCH3 is 3. The van der Waals surface area contributed by atoms with Gasteiger partial charge in [0.05, 0.1) is 44.5 Å². The Morgan fingerprint density at radius 2 is 1.62 bits per heavy atom. The molecule has 6 nitrogen and oxygen atoms in total. The van der Waals surface area contributed by atoms with Gasteiger partial charge in [-0.15, -0.1) is 11.6 Å². The summed E-state index contributed by atoms with van der Waals surface area (Å²) in [6, 6.07) is 11.0. The lowest BCUT2D eigenvalue weighted by Gasteiger charge is -2.18. The van der Waals surface area contributed by atoms with Crippen molar-refractivity contribution in [1.82, 2.24) is 4.57 Å². The topological polar surface area (TPSA) is 58.9 Å². The zero-order chi connectivity index (χ0) is 21.0. The van der Waals surface area contributed by atoms with Crippen molar-refractivity contribution in [3.8, 4) is 34.3 Å². The van der Waals surface area contributed by atoms with Crippen molar-refractivity contribution >= 4 is 22.5 Å². The lowest BCUT2D eigenvalue weighted by Crippen LogP contribution is -2.14. The number of aromatic nitrogens is 1. The van der Waals surface area contributed by atoms with Gasteiger partial charge in [-0.05, 0) is 36.8 Å². The number of fused-ring (bicyclic) bond motifs is 1. The third-order valence-corrected chi connectivity index (χ3v) is 5.01. The smallest absolute Gasteiger partial charge is 0.231 e. The lowest BCUT2D eigenvalue weighted by molar-refractivity contribution is 0.318. The summed E-state index contributed by atoms with van der Waals surface area (Å²) in [6.45, 7) is 0.558. The summed E-state index contributed by atoms with van der Waals surface area (Å²) in [7, 11) is 6.48. The summed E-state index contributed by atoms with van der Waals surface area (Å²) < 4.78 is 23.8. The Balaban J connectivity index is 2.17. The van der Waals surface area contributed by atoms with Gasteiger partial charge in [-0.1, -0.05) is 0 Å². The molecule has 1 heterocycles. The lowest BCUT2D eigenvalue weighted by atomic mass is 10.1. The molecule has 0 atom stereocenters. The minimum atomic E-state index is -0.209. The van der Waals surface area contributed by atoms with Gasteiger partial charge in [0.1, 0.15) is 5.75 Å². The van der Waals surface area contributed by atoms with Gasteiger partial charge in [-0.2, -0.15) is 0 Å². The first-order chi connectivity index (χ1) is 14.0. The molecule has 0 saturated carbocycles. The molecule has 0 aliphatic rings. The SMILES string of the molecule is COc1cc2c(=O)c(OC)c(-c3ccc(OCCCCl)cc3)n(C)c2cc1OC. The molecule has 29 heavy (non-hydrogen) atoms. The van der Waals surface area contributed by atoms with Crippen molar-refractivity contribution in [1.29, 1.82) is 0 Å². The molecule has 154 valence electrons. The number of halogens is 1. The number of benzene rings is 2. The maximum atomic E-state index is 13.1. The van der Waals surface area contributed by atoms with Crippen LogP contribution in [0.15, 0.2) is 41.2 Å². The van der Waals surface area contributed by atoms with E-state index < -0.39 is 0 Å². The molecule has 0 aliphatic heterocycles. The molecule has 0 amide bonds. The third-order valence-electron chi connectivity index (χ3n) is 4.74. The minimum absolute atomic E-state index is 0.209. The highest BCUT2D eigenvalue weighted by Gasteiger charge is 2.20. The second kappa shape index (κ2) is 9.09. The van der Waals surface area contributed by atoms with E-state index in [2.05, 4.69) is 0 Å². The van der Waals surface area contributed by atoms with Crippen molar-refractivity contribution < 1.29 is 18.9 Å². The van der Waals surface area contributed by atoms with Crippen LogP contribution in [0.1, 0.15) is 6.42 Å². The Bertz CT molecular complexity index is 1060. The van der Waals surface area contributed by atoms with Crippen LogP contribution in [0.25, 0.3) is 22.2 Å². The van der Waals surface area contributed by atoms with Crippen molar-refractivity contribution in [2.45, 2.75) is 6.42 Å². The van der Waals surface area contributed by atoms with Gasteiger partial charge in [-0.25, -0.2) is 0 Å². The van der Waals surface area contributed by atoms with E-state index in [0.29, 0.717) is 40.6 Å². The molecule has 0 unspecified atom stereocenters. The fourth-order valence-corrected chi connectivity index (χ4v) is 3.41. The summed E-state index contributed by atoms with van der Waals surface area (Å²) >= 11 is 5.68. The molecule has 2 aromatic carbocycles. The van der Waals surface area contributed by atoms with Crippen LogP contribution in [0.3, 0.4) is 0 Å². The number of rotatable bonds is 8. The highest BCUT2D eigenvalue weighted by Crippen LogP contribution is 2.36. The Labute approximate surface area is 174 Å². The van der Waals surface area contributed by atoms with E-state index in [1.807, 2.05) is 35.9 Å². The average Bonchev–Trinajstić information content (AvgIpc) is 2.75. The molecule has 3 rings (SSSR count). The van der Waals surface area contributed by atoms with Gasteiger partial charge in [0.2, 0.25) is 5.43 Å². The zero-order valence-corrected chi connectivity index (χ0v) is 17.7. The van der Waals surface area contributed by atoms with Gasteiger partial charge in [-0.3, -0.25) is 4.79 Å². The third kappa shape index (κ3) is 3.98. The van der Waals surface area contributed by atoms with Crippen LogP contribution in [0.2, 0.25) is 0 Å². The van der Waals surface area contributed by atoms with E-state index >= 15 is 0 Å². The van der Waals surface area contributed by atoms with Gasteiger partial charge >= 0.3 is 0 Å². The standard InChI is InChI=1S/C22H24ClNO5/c1-24-17-13-19(27-3)18(26-2)12-16(17)21(25)22(28-4)20(24)14-6-8-15(9-7-14)29-11-5-10-23/h6-9,12-13H,5,10-11H2,1-4H3. The Morgan fingerprint density at radius 3 is 2.21 bits per heavy atom. The number of hydrogen-bond acceptors (Lipinski definition) is 5. The van der Waals surface area contributed by atoms with E-state index in [-0.39, 0.29) is 11.2 Å². The average molecular weight is 418 g/mol. The maximum absolute atomic E-state index is 13.1. The van der Waals surface area contributed by atoms with E-state index in [1.165, 1.54) is 14.2 Å². The van der Waals surface area contributed by atoms with Gasteiger partial charge in [0.25, 0.3) is 0 Å². The molecule has 0 bridgehead atoms. The van der Waals surface area contributed by atoms with Crippen molar-refractivity contribution in [3.05, 3.63) is 46.6 Å². The van der Waals surface area contributed by atoms with Crippen molar-refractivity contribution in [2.24, 2.45) is 7.05 Å². The Kier molecular flexibility index (Phi) is 6.54. The fraction of sp³-hybridized carbons (Fsp3) is 0.318. The van der Waals surface area contributed by atoms with Crippen molar-refractivity contribution in [3.63, 3.8) is 0 Å². The fourth-order valence-electron chi connectivity index (χ4n) is 3.30. The molecule has 0 saturated heterocycles. The number of alkyl halides is 1. The number of ether oxygens (including phenoxy) is 4. The largest absolute Gasteiger partial charge is 0.494 e. The monoisotopic (exact) mass is 417 g/mol. The molecule has 0 aliphatic carbocycles. The highest BCUT2D eigenvalue weighted by atomic mass is 35.5. The van der Waals surface area contributed by atoms with Crippen LogP contribution >= 0.6 is 11.6 Å². The maximum Gasteiger partial charge on any atom is 0.231 e. The second-order valence-electron chi connectivity index (χ2n) is 6.41. The number of pyridine rings is 1. The van der Waals surface area contributed by atoms with Crippen LogP contribution in [0.5, 0.6) is 23.0 Å². The summed E-state index contributed by atoms with van der Waals surface area (Å²) in [6.07, 6.45) is 0.779. The summed E-state index contributed by atoms with van der Waals surface area (Å²) in [5, 5.41) is 0.492. The van der Waals surface area contributed by atoms with Crippen LogP contribution in [0, 0.1) is 0 Å². The quantitative estimate of drug-likeness (QED) is 0.405. The molecular formula is C22H24ClNO5. The molecule has 7 heteroatoms. The second-order valence-corrected chi connectivity index (χ2v) is 6.79. The highest BCUT2D eigenvalue weighted by molar-refractivity contribution is 6.17. The van der Waals surface area contributed by atoms with E-state index in [1.54, 1.807) is 19.2 Å². The first-order valence-corrected chi connectivity index (χ1v) is 9.71. The van der Waals surface area contributed by atoms with Crippen LogP contribution in [-0.4, -0.2) is 38.4 Å². The Morgan fingerprint density at radius 1 is 0.966 bits per heavy atom. The summed E-state index contributed by atoms with van der Waals surface area (Å²) in [4.78, 5) is 13.1. The molecular weight excluding hydrogens is 394 g/mol. The van der Waals surface area contributed by atoms with E-state index in [0.717, 1.165) is 17.7 Å². The zero-order valence-electron chi connectivity index (χ0n) is 17.0. The number of hydrogen-bond donors (Lipinski definition) is 0. The first kappa shape index (κ1) is 20.9. The predicted molar refractivity (Wildman–Crippen MR) is 115 cm³/mol. The van der Waals surface area contributed by atoms with Crippen molar-refractivity contribution in [2.75, 3.05) is 33.8 Å². The number of nitrogens with zero attached hydrogens (tertiary/aromatic N) is 1. The molecule has 0 fully saturated rings. The summed E-state index contributed by atoms with van der Waals surface area (Å²) in [5.74, 6) is 2.61.